The zero-order valence-corrected chi connectivity index (χ0v) is 25.9. The molecule has 1 N–H and O–H groups in total. The predicted octanol–water partition coefficient (Wildman–Crippen LogP) is 9.14. The second kappa shape index (κ2) is 13.8. The van der Waals surface area contributed by atoms with Crippen LogP contribution in [0.15, 0.2) is 72.8 Å². The molecule has 0 spiro atoms. The van der Waals surface area contributed by atoms with Crippen LogP contribution in [0, 0.1) is 0 Å². The SMILES string of the molecule is CCCC1(CCCCN2CCC(COCc3cc(C(F)(F)F)cc(C(F)(F)F)c3)(c3ccccc3)CC2)C(=O)Nc2ccccc21. The van der Waals surface area contributed by atoms with E-state index in [0.29, 0.717) is 0 Å². The van der Waals surface area contributed by atoms with E-state index in [2.05, 4.69) is 23.2 Å². The van der Waals surface area contributed by atoms with Crippen molar-refractivity contribution >= 4 is 11.6 Å². The second-order valence-electron chi connectivity index (χ2n) is 12.7. The van der Waals surface area contributed by atoms with E-state index in [1.54, 1.807) is 0 Å². The van der Waals surface area contributed by atoms with Gasteiger partial charge in [-0.05, 0) is 92.7 Å². The number of hydrogen-bond acceptors (Lipinski definition) is 3. The Bertz CT molecular complexity index is 1450. The molecule has 0 aromatic heterocycles. The molecular weight excluding hydrogens is 606 g/mol. The van der Waals surface area contributed by atoms with Crippen LogP contribution in [0.25, 0.3) is 0 Å². The fourth-order valence-corrected chi connectivity index (χ4v) is 7.16. The van der Waals surface area contributed by atoms with Gasteiger partial charge in [0.05, 0.1) is 29.8 Å². The molecule has 3 aromatic carbocycles. The lowest BCUT2D eigenvalue weighted by Gasteiger charge is -2.42. The maximum atomic E-state index is 13.4. The number of carbonyl (C=O) groups excluding carboxylic acids is 1. The summed E-state index contributed by atoms with van der Waals surface area (Å²) in [5.74, 6) is 0.0842. The number of halogens is 6. The maximum absolute atomic E-state index is 13.4. The van der Waals surface area contributed by atoms with Crippen molar-refractivity contribution in [2.75, 3.05) is 31.6 Å². The van der Waals surface area contributed by atoms with Gasteiger partial charge in [-0.25, -0.2) is 0 Å². The van der Waals surface area contributed by atoms with E-state index in [9.17, 15) is 31.1 Å². The van der Waals surface area contributed by atoms with Crippen molar-refractivity contribution in [3.8, 4) is 0 Å². The number of nitrogens with one attached hydrogen (secondary N) is 1. The zero-order chi connectivity index (χ0) is 33.0. The van der Waals surface area contributed by atoms with Crippen molar-refractivity contribution < 1.29 is 35.9 Å². The Kier molecular flexibility index (Phi) is 10.2. The molecule has 10 heteroatoms. The van der Waals surface area contributed by atoms with E-state index in [4.69, 9.17) is 4.74 Å². The highest BCUT2D eigenvalue weighted by Crippen LogP contribution is 2.45. The van der Waals surface area contributed by atoms with Crippen molar-refractivity contribution in [2.45, 2.75) is 81.7 Å². The van der Waals surface area contributed by atoms with Gasteiger partial charge in [-0.1, -0.05) is 68.3 Å². The topological polar surface area (TPSA) is 41.6 Å². The quantitative estimate of drug-likeness (QED) is 0.158. The van der Waals surface area contributed by atoms with Crippen molar-refractivity contribution in [3.05, 3.63) is 101 Å². The Balaban J connectivity index is 1.20. The van der Waals surface area contributed by atoms with E-state index < -0.39 is 34.3 Å². The molecule has 2 heterocycles. The fourth-order valence-electron chi connectivity index (χ4n) is 7.16. The van der Waals surface area contributed by atoms with Gasteiger partial charge >= 0.3 is 12.4 Å². The highest BCUT2D eigenvalue weighted by atomic mass is 19.4. The summed E-state index contributed by atoms with van der Waals surface area (Å²) in [6.07, 6.45) is -3.99. The third-order valence-electron chi connectivity index (χ3n) is 9.62. The van der Waals surface area contributed by atoms with Gasteiger partial charge in [0.15, 0.2) is 0 Å². The van der Waals surface area contributed by atoms with E-state index in [-0.39, 0.29) is 30.8 Å². The molecule has 3 aromatic rings. The molecule has 248 valence electrons. The molecular formula is C36H40F6N2O2. The first-order chi connectivity index (χ1) is 21.9. The summed E-state index contributed by atoms with van der Waals surface area (Å²) in [5.41, 5.74) is -0.714. The molecule has 1 atom stereocenters. The lowest BCUT2D eigenvalue weighted by molar-refractivity contribution is -0.143. The minimum Gasteiger partial charge on any atom is -0.376 e. The van der Waals surface area contributed by atoms with Gasteiger partial charge in [0, 0.05) is 11.1 Å². The largest absolute Gasteiger partial charge is 0.416 e. The van der Waals surface area contributed by atoms with Crippen molar-refractivity contribution in [2.24, 2.45) is 0 Å². The lowest BCUT2D eigenvalue weighted by Crippen LogP contribution is -2.45. The minimum absolute atomic E-state index is 0.0842. The second-order valence-corrected chi connectivity index (χ2v) is 12.7. The number of alkyl halides is 6. The monoisotopic (exact) mass is 646 g/mol. The Morgan fingerprint density at radius 2 is 1.46 bits per heavy atom. The summed E-state index contributed by atoms with van der Waals surface area (Å²) in [6.45, 7) is 4.36. The van der Waals surface area contributed by atoms with Crippen LogP contribution >= 0.6 is 0 Å². The van der Waals surface area contributed by atoms with E-state index in [1.807, 2.05) is 48.5 Å². The van der Waals surface area contributed by atoms with Gasteiger partial charge in [-0.15, -0.1) is 0 Å². The average molecular weight is 647 g/mol. The molecule has 1 unspecified atom stereocenters. The number of hydrogen-bond donors (Lipinski definition) is 1. The van der Waals surface area contributed by atoms with Crippen LogP contribution in [0.2, 0.25) is 0 Å². The van der Waals surface area contributed by atoms with Gasteiger partial charge < -0.3 is 15.0 Å². The number of ether oxygens (including phenoxy) is 1. The fraction of sp³-hybridized carbons (Fsp3) is 0.472. The predicted molar refractivity (Wildman–Crippen MR) is 165 cm³/mol. The molecule has 2 aliphatic rings. The Hall–Kier alpha value is -3.37. The summed E-state index contributed by atoms with van der Waals surface area (Å²) in [4.78, 5) is 15.5. The molecule has 0 aliphatic carbocycles. The molecule has 1 fully saturated rings. The van der Waals surface area contributed by atoms with Crippen molar-refractivity contribution in [1.82, 2.24) is 4.90 Å². The first-order valence-corrected chi connectivity index (χ1v) is 15.9. The smallest absolute Gasteiger partial charge is 0.376 e. The molecule has 4 nitrogen and oxygen atoms in total. The number of anilines is 1. The average Bonchev–Trinajstić information content (AvgIpc) is 3.30. The third-order valence-corrected chi connectivity index (χ3v) is 9.62. The Labute approximate surface area is 266 Å². The van der Waals surface area contributed by atoms with Crippen LogP contribution in [0.3, 0.4) is 0 Å². The van der Waals surface area contributed by atoms with Crippen LogP contribution in [-0.4, -0.2) is 37.0 Å². The van der Waals surface area contributed by atoms with Crippen molar-refractivity contribution in [1.29, 1.82) is 0 Å². The number of piperidine rings is 1. The van der Waals surface area contributed by atoms with Crippen LogP contribution in [-0.2, 0) is 39.3 Å². The molecule has 1 amide bonds. The molecule has 0 bridgehead atoms. The lowest BCUT2D eigenvalue weighted by atomic mass is 9.73. The number of amides is 1. The number of likely N-dealkylation sites (tertiary alicyclic amines) is 1. The van der Waals surface area contributed by atoms with Gasteiger partial charge in [-0.3, -0.25) is 4.79 Å². The Morgan fingerprint density at radius 3 is 2.09 bits per heavy atom. The Morgan fingerprint density at radius 1 is 0.826 bits per heavy atom. The van der Waals surface area contributed by atoms with E-state index in [1.165, 1.54) is 0 Å². The standard InChI is InChI=1S/C36H40F6N2O2/c1-2-14-34(30-12-6-7-13-31(30)43-32(34)45)15-8-9-18-44-19-16-33(17-20-44,27-10-4-3-5-11-27)25-46-24-26-21-28(35(37,38)39)23-29(22-26)36(40,41)42/h3-7,10-13,21-23H,2,8-9,14-20,24-25H2,1H3,(H,43,45). The number of unbranched alkanes of at least 4 members (excludes halogenated alkanes) is 1. The molecule has 2 aliphatic heterocycles. The first-order valence-electron chi connectivity index (χ1n) is 15.9. The van der Waals surface area contributed by atoms with Gasteiger partial charge in [0.1, 0.15) is 0 Å². The summed E-state index contributed by atoms with van der Waals surface area (Å²) < 4.78 is 86.1. The van der Waals surface area contributed by atoms with Gasteiger partial charge in [0.25, 0.3) is 0 Å². The highest BCUT2D eigenvalue weighted by molar-refractivity contribution is 6.06. The van der Waals surface area contributed by atoms with E-state index >= 15 is 0 Å². The van der Waals surface area contributed by atoms with Crippen LogP contribution in [0.5, 0.6) is 0 Å². The van der Waals surface area contributed by atoms with Crippen LogP contribution in [0.1, 0.15) is 79.7 Å². The highest BCUT2D eigenvalue weighted by Gasteiger charge is 2.45. The summed E-state index contributed by atoms with van der Waals surface area (Å²) in [7, 11) is 0. The number of nitrogens with zero attached hydrogens (tertiary/aromatic N) is 1. The van der Waals surface area contributed by atoms with Crippen molar-refractivity contribution in [3.63, 3.8) is 0 Å². The summed E-state index contributed by atoms with van der Waals surface area (Å²) in [6, 6.07) is 19.3. The number of para-hydroxylation sites is 1. The number of benzene rings is 3. The number of carbonyl (C=O) groups is 1. The molecule has 1 saturated heterocycles. The summed E-state index contributed by atoms with van der Waals surface area (Å²) in [5, 5.41) is 3.07. The van der Waals surface area contributed by atoms with Gasteiger partial charge in [-0.2, -0.15) is 26.3 Å². The minimum atomic E-state index is -4.90. The van der Waals surface area contributed by atoms with E-state index in [0.717, 1.165) is 93.5 Å². The van der Waals surface area contributed by atoms with Gasteiger partial charge in [0.2, 0.25) is 5.91 Å². The molecule has 0 radical (unpaired) electrons. The number of rotatable bonds is 12. The molecule has 46 heavy (non-hydrogen) atoms. The molecule has 0 saturated carbocycles. The molecule has 5 rings (SSSR count). The third kappa shape index (κ3) is 7.44. The van der Waals surface area contributed by atoms with Crippen LogP contribution in [0.4, 0.5) is 32.0 Å². The maximum Gasteiger partial charge on any atom is 0.416 e. The summed E-state index contributed by atoms with van der Waals surface area (Å²) >= 11 is 0. The van der Waals surface area contributed by atoms with Crippen LogP contribution < -0.4 is 5.32 Å². The normalized spacial score (nSPS) is 20.0. The number of fused-ring (bicyclic) bond motifs is 1. The first kappa shape index (κ1) is 34.0. The zero-order valence-electron chi connectivity index (χ0n) is 25.9.